The number of nitrogens with one attached hydrogen (secondary N) is 1. The number of nitro benzene ring substituents is 1. The first kappa shape index (κ1) is 21.4. The Morgan fingerprint density at radius 3 is 2.53 bits per heavy atom. The number of carbonyl (C=O) groups is 3. The van der Waals surface area contributed by atoms with Crippen LogP contribution in [0.15, 0.2) is 36.5 Å². The third-order valence-electron chi connectivity index (χ3n) is 5.25. The Balaban J connectivity index is 1.42. The molecule has 11 heteroatoms. The Bertz CT molecular complexity index is 1090. The summed E-state index contributed by atoms with van der Waals surface area (Å²) < 4.78 is 5.72. The van der Waals surface area contributed by atoms with Crippen LogP contribution in [0.1, 0.15) is 34.6 Å². The van der Waals surface area contributed by atoms with E-state index in [2.05, 4.69) is 15.2 Å². The van der Waals surface area contributed by atoms with Gasteiger partial charge in [-0.3, -0.25) is 29.4 Å². The summed E-state index contributed by atoms with van der Waals surface area (Å²) in [7, 11) is 0. The van der Waals surface area contributed by atoms with Gasteiger partial charge in [-0.2, -0.15) is 0 Å². The van der Waals surface area contributed by atoms with Crippen molar-refractivity contribution < 1.29 is 24.0 Å². The maximum absolute atomic E-state index is 12.6. The smallest absolute Gasteiger partial charge is 0.282 e. The van der Waals surface area contributed by atoms with Gasteiger partial charge in [-0.15, -0.1) is 0 Å². The molecule has 2 aliphatic rings. The molecule has 1 aromatic heterocycles. The number of anilines is 2. The third kappa shape index (κ3) is 4.02. The van der Waals surface area contributed by atoms with Gasteiger partial charge in [-0.25, -0.2) is 4.98 Å². The van der Waals surface area contributed by atoms with Crippen LogP contribution in [0.3, 0.4) is 0 Å². The van der Waals surface area contributed by atoms with E-state index in [1.54, 1.807) is 12.1 Å². The Hall–Kier alpha value is -3.86. The second kappa shape index (κ2) is 8.35. The van der Waals surface area contributed by atoms with Gasteiger partial charge in [0.1, 0.15) is 17.9 Å². The number of nitrogens with zero attached hydrogens (tertiary/aromatic N) is 4. The van der Waals surface area contributed by atoms with Gasteiger partial charge in [0, 0.05) is 19.2 Å². The summed E-state index contributed by atoms with van der Waals surface area (Å²) in [5.41, 5.74) is -0.446. The third-order valence-corrected chi connectivity index (χ3v) is 5.25. The van der Waals surface area contributed by atoms with Crippen LogP contribution < -0.4 is 10.2 Å². The van der Waals surface area contributed by atoms with Gasteiger partial charge >= 0.3 is 0 Å². The monoisotopic (exact) mass is 439 g/mol. The van der Waals surface area contributed by atoms with Crippen LogP contribution in [-0.4, -0.2) is 64.4 Å². The Morgan fingerprint density at radius 1 is 1.19 bits per heavy atom. The Labute approximate surface area is 183 Å². The number of rotatable bonds is 5. The highest BCUT2D eigenvalue weighted by molar-refractivity contribution is 6.24. The molecule has 1 aromatic carbocycles. The number of carbonyl (C=O) groups excluding carboxylic acids is 3. The molecule has 11 nitrogen and oxygen atoms in total. The van der Waals surface area contributed by atoms with Gasteiger partial charge in [-0.1, -0.05) is 6.07 Å². The zero-order chi connectivity index (χ0) is 23.0. The molecule has 3 amide bonds. The lowest BCUT2D eigenvalue weighted by Crippen LogP contribution is -2.45. The molecule has 0 radical (unpaired) electrons. The lowest BCUT2D eigenvalue weighted by molar-refractivity contribution is -0.385. The summed E-state index contributed by atoms with van der Waals surface area (Å²) in [5, 5.41) is 13.8. The molecule has 0 aliphatic carbocycles. The van der Waals surface area contributed by atoms with Gasteiger partial charge < -0.3 is 15.0 Å². The molecule has 0 bridgehead atoms. The summed E-state index contributed by atoms with van der Waals surface area (Å²) >= 11 is 0. The fourth-order valence-electron chi connectivity index (χ4n) is 3.97. The molecule has 2 aliphatic heterocycles. The number of ether oxygens (including phenoxy) is 1. The van der Waals surface area contributed by atoms with Gasteiger partial charge in [0.05, 0.1) is 34.6 Å². The molecular formula is C21H21N5O6. The van der Waals surface area contributed by atoms with Crippen LogP contribution in [0, 0.1) is 10.1 Å². The van der Waals surface area contributed by atoms with E-state index in [-0.39, 0.29) is 23.3 Å². The predicted octanol–water partition coefficient (Wildman–Crippen LogP) is 1.84. The van der Waals surface area contributed by atoms with Crippen molar-refractivity contribution in [1.29, 1.82) is 0 Å². The van der Waals surface area contributed by atoms with Crippen molar-refractivity contribution in [3.8, 4) is 0 Å². The average molecular weight is 439 g/mol. The molecule has 2 atom stereocenters. The number of hydrogen-bond donors (Lipinski definition) is 1. The van der Waals surface area contributed by atoms with Crippen molar-refractivity contribution in [1.82, 2.24) is 9.88 Å². The standard InChI is InChI=1S/C21H21N5O6/c1-12-9-24(10-13(2)32-12)17-7-6-14(8-22-17)23-18(27)11-25-20(28)15-4-3-5-16(26(30)31)19(15)21(25)29/h3-8,12-13H,9-11H2,1-2H3,(H,23,27). The maximum atomic E-state index is 12.6. The Kier molecular flexibility index (Phi) is 5.57. The van der Waals surface area contributed by atoms with E-state index < -0.39 is 34.9 Å². The molecule has 32 heavy (non-hydrogen) atoms. The fraction of sp³-hybridized carbons (Fsp3) is 0.333. The van der Waals surface area contributed by atoms with E-state index in [0.29, 0.717) is 23.7 Å². The molecule has 0 spiro atoms. The van der Waals surface area contributed by atoms with Crippen molar-refractivity contribution in [2.75, 3.05) is 29.9 Å². The molecule has 2 aromatic rings. The number of benzene rings is 1. The average Bonchev–Trinajstić information content (AvgIpc) is 2.98. The van der Waals surface area contributed by atoms with Gasteiger partial charge in [-0.05, 0) is 32.0 Å². The second-order valence-electron chi connectivity index (χ2n) is 7.77. The van der Waals surface area contributed by atoms with Crippen LogP contribution in [-0.2, 0) is 9.53 Å². The topological polar surface area (TPSA) is 135 Å². The van der Waals surface area contributed by atoms with Crippen LogP contribution in [0.2, 0.25) is 0 Å². The predicted molar refractivity (Wildman–Crippen MR) is 114 cm³/mol. The normalized spacial score (nSPS) is 20.3. The summed E-state index contributed by atoms with van der Waals surface area (Å²) in [6, 6.07) is 7.26. The zero-order valence-corrected chi connectivity index (χ0v) is 17.5. The minimum absolute atomic E-state index is 0.0791. The van der Waals surface area contributed by atoms with Gasteiger partial charge in [0.15, 0.2) is 0 Å². The number of imide groups is 1. The van der Waals surface area contributed by atoms with Crippen LogP contribution in [0.5, 0.6) is 0 Å². The molecule has 166 valence electrons. The van der Waals surface area contributed by atoms with Gasteiger partial charge in [0.25, 0.3) is 17.5 Å². The number of hydrogen-bond acceptors (Lipinski definition) is 8. The van der Waals surface area contributed by atoms with Crippen molar-refractivity contribution in [3.63, 3.8) is 0 Å². The Morgan fingerprint density at radius 2 is 1.91 bits per heavy atom. The molecule has 1 fully saturated rings. The first-order chi connectivity index (χ1) is 15.2. The highest BCUT2D eigenvalue weighted by atomic mass is 16.6. The minimum Gasteiger partial charge on any atom is -0.372 e. The quantitative estimate of drug-likeness (QED) is 0.424. The number of aromatic nitrogens is 1. The van der Waals surface area contributed by atoms with E-state index >= 15 is 0 Å². The van der Waals surface area contributed by atoms with E-state index in [4.69, 9.17) is 4.74 Å². The van der Waals surface area contributed by atoms with Crippen LogP contribution >= 0.6 is 0 Å². The van der Waals surface area contributed by atoms with E-state index in [1.165, 1.54) is 18.3 Å². The molecule has 2 unspecified atom stereocenters. The number of nitro groups is 1. The number of fused-ring (bicyclic) bond motifs is 1. The number of morpholine rings is 1. The number of amides is 3. The van der Waals surface area contributed by atoms with E-state index in [1.807, 2.05) is 13.8 Å². The molecule has 0 saturated carbocycles. The highest BCUT2D eigenvalue weighted by Crippen LogP contribution is 2.30. The van der Waals surface area contributed by atoms with Crippen molar-refractivity contribution in [3.05, 3.63) is 57.8 Å². The highest BCUT2D eigenvalue weighted by Gasteiger charge is 2.41. The van der Waals surface area contributed by atoms with Crippen molar-refractivity contribution in [2.24, 2.45) is 0 Å². The first-order valence-corrected chi connectivity index (χ1v) is 10.0. The van der Waals surface area contributed by atoms with Crippen LogP contribution in [0.25, 0.3) is 0 Å². The molecule has 4 rings (SSSR count). The zero-order valence-electron chi connectivity index (χ0n) is 17.5. The molecule has 1 N–H and O–H groups in total. The SMILES string of the molecule is CC1CN(c2ccc(NC(=O)CN3C(=O)c4cccc([N+](=O)[O-])c4C3=O)cn2)CC(C)O1. The largest absolute Gasteiger partial charge is 0.372 e. The van der Waals surface area contributed by atoms with Crippen LogP contribution in [0.4, 0.5) is 17.2 Å². The summed E-state index contributed by atoms with van der Waals surface area (Å²) in [6.45, 7) is 4.82. The van der Waals surface area contributed by atoms with E-state index in [0.717, 1.165) is 11.9 Å². The molecule has 1 saturated heterocycles. The summed E-state index contributed by atoms with van der Waals surface area (Å²) in [4.78, 5) is 55.2. The lowest BCUT2D eigenvalue weighted by Gasteiger charge is -2.36. The minimum atomic E-state index is -0.864. The number of pyridine rings is 1. The van der Waals surface area contributed by atoms with Crippen molar-refractivity contribution in [2.45, 2.75) is 26.1 Å². The maximum Gasteiger partial charge on any atom is 0.282 e. The van der Waals surface area contributed by atoms with E-state index in [9.17, 15) is 24.5 Å². The first-order valence-electron chi connectivity index (χ1n) is 10.0. The summed E-state index contributed by atoms with van der Waals surface area (Å²) in [6.07, 6.45) is 1.65. The second-order valence-corrected chi connectivity index (χ2v) is 7.77. The molecule has 3 heterocycles. The van der Waals surface area contributed by atoms with Crippen molar-refractivity contribution >= 4 is 34.9 Å². The van der Waals surface area contributed by atoms with Gasteiger partial charge in [0.2, 0.25) is 5.91 Å². The lowest BCUT2D eigenvalue weighted by atomic mass is 10.1. The fourth-order valence-corrected chi connectivity index (χ4v) is 3.97. The molecular weight excluding hydrogens is 418 g/mol. The summed E-state index contributed by atoms with van der Waals surface area (Å²) in [5.74, 6) is -1.48.